The third kappa shape index (κ3) is 3.08. The van der Waals surface area contributed by atoms with Gasteiger partial charge in [0.15, 0.2) is 5.82 Å². The van der Waals surface area contributed by atoms with Gasteiger partial charge < -0.3 is 9.42 Å². The van der Waals surface area contributed by atoms with Crippen molar-refractivity contribution in [1.82, 2.24) is 20.0 Å². The molecule has 1 fully saturated rings. The Morgan fingerprint density at radius 2 is 1.95 bits per heavy atom. The molecule has 1 atom stereocenters. The molecule has 0 bridgehead atoms. The molecule has 0 amide bonds. The summed E-state index contributed by atoms with van der Waals surface area (Å²) in [6, 6.07) is 1.03. The summed E-state index contributed by atoms with van der Waals surface area (Å²) in [5.41, 5.74) is 0. The molecule has 6 nitrogen and oxygen atoms in total. The molecule has 0 N–H and O–H groups in total. The van der Waals surface area contributed by atoms with Crippen LogP contribution in [0.15, 0.2) is 16.1 Å². The lowest BCUT2D eigenvalue weighted by Crippen LogP contribution is -2.47. The summed E-state index contributed by atoms with van der Waals surface area (Å²) >= 11 is 1.72. The van der Waals surface area contributed by atoms with Gasteiger partial charge in [-0.05, 0) is 6.92 Å². The Kier molecular flexibility index (Phi) is 4.21. The quantitative estimate of drug-likeness (QED) is 0.865. The van der Waals surface area contributed by atoms with Gasteiger partial charge in [0, 0.05) is 43.7 Å². The summed E-state index contributed by atoms with van der Waals surface area (Å²) in [5.74, 6) is 1.08. The maximum Gasteiger partial charge on any atom is 0.324 e. The monoisotopic (exact) mass is 307 g/mol. The molecular formula is C14H21N5OS. The van der Waals surface area contributed by atoms with E-state index in [2.05, 4.69) is 45.7 Å². The van der Waals surface area contributed by atoms with E-state index < -0.39 is 0 Å². The molecule has 0 aliphatic carbocycles. The lowest BCUT2D eigenvalue weighted by Gasteiger charge is -2.36. The first kappa shape index (κ1) is 14.5. The SMILES string of the molecule is CC(C)c1noc(N2CCN(C(C)c3nccs3)CC2)n1. The van der Waals surface area contributed by atoms with E-state index in [1.54, 1.807) is 11.3 Å². The van der Waals surface area contributed by atoms with Crippen LogP contribution in [-0.4, -0.2) is 46.2 Å². The zero-order valence-corrected chi connectivity index (χ0v) is 13.5. The van der Waals surface area contributed by atoms with Crippen LogP contribution in [0, 0.1) is 0 Å². The number of rotatable bonds is 4. The normalized spacial score (nSPS) is 18.4. The van der Waals surface area contributed by atoms with Gasteiger partial charge in [0.25, 0.3) is 0 Å². The van der Waals surface area contributed by atoms with Crippen LogP contribution in [0.4, 0.5) is 6.01 Å². The van der Waals surface area contributed by atoms with Gasteiger partial charge in [0.2, 0.25) is 0 Å². The van der Waals surface area contributed by atoms with Crippen molar-refractivity contribution in [2.45, 2.75) is 32.7 Å². The van der Waals surface area contributed by atoms with Crippen molar-refractivity contribution in [3.8, 4) is 0 Å². The smallest absolute Gasteiger partial charge is 0.322 e. The molecule has 1 unspecified atom stereocenters. The topological polar surface area (TPSA) is 58.3 Å². The summed E-state index contributed by atoms with van der Waals surface area (Å²) in [4.78, 5) is 13.5. The van der Waals surface area contributed by atoms with Gasteiger partial charge in [0.05, 0.1) is 6.04 Å². The Morgan fingerprint density at radius 3 is 2.52 bits per heavy atom. The molecular weight excluding hydrogens is 286 g/mol. The molecule has 3 heterocycles. The fourth-order valence-electron chi connectivity index (χ4n) is 2.49. The number of hydrogen-bond donors (Lipinski definition) is 0. The standard InChI is InChI=1S/C14H21N5OS/c1-10(2)12-16-14(20-17-12)19-7-5-18(6-8-19)11(3)13-15-4-9-21-13/h4,9-11H,5-8H2,1-3H3. The van der Waals surface area contributed by atoms with E-state index in [0.717, 1.165) is 32.0 Å². The third-order valence-corrected chi connectivity index (χ3v) is 4.83. The van der Waals surface area contributed by atoms with Crippen molar-refractivity contribution < 1.29 is 4.52 Å². The molecule has 0 spiro atoms. The fourth-order valence-corrected chi connectivity index (χ4v) is 3.22. The van der Waals surface area contributed by atoms with Gasteiger partial charge in [-0.3, -0.25) is 4.90 Å². The fraction of sp³-hybridized carbons (Fsp3) is 0.643. The first-order valence-corrected chi connectivity index (χ1v) is 8.25. The number of anilines is 1. The Morgan fingerprint density at radius 1 is 1.19 bits per heavy atom. The van der Waals surface area contributed by atoms with E-state index in [4.69, 9.17) is 4.52 Å². The molecule has 114 valence electrons. The number of nitrogens with zero attached hydrogens (tertiary/aromatic N) is 5. The highest BCUT2D eigenvalue weighted by Gasteiger charge is 2.26. The zero-order valence-electron chi connectivity index (χ0n) is 12.7. The Labute approximate surface area is 128 Å². The Bertz CT molecular complexity index is 560. The highest BCUT2D eigenvalue weighted by molar-refractivity contribution is 7.09. The summed E-state index contributed by atoms with van der Waals surface area (Å²) < 4.78 is 5.37. The van der Waals surface area contributed by atoms with Crippen molar-refractivity contribution in [1.29, 1.82) is 0 Å². The van der Waals surface area contributed by atoms with Crippen LogP contribution < -0.4 is 4.90 Å². The van der Waals surface area contributed by atoms with Gasteiger partial charge in [-0.1, -0.05) is 19.0 Å². The second kappa shape index (κ2) is 6.11. The molecule has 1 saturated heterocycles. The maximum atomic E-state index is 5.37. The van der Waals surface area contributed by atoms with Gasteiger partial charge in [-0.2, -0.15) is 4.98 Å². The van der Waals surface area contributed by atoms with Crippen LogP contribution in [0.3, 0.4) is 0 Å². The van der Waals surface area contributed by atoms with E-state index in [1.165, 1.54) is 5.01 Å². The average molecular weight is 307 g/mol. The summed E-state index contributed by atoms with van der Waals surface area (Å²) in [5, 5.41) is 7.26. The first-order chi connectivity index (χ1) is 10.1. The number of piperazine rings is 1. The minimum atomic E-state index is 0.300. The van der Waals surface area contributed by atoms with Gasteiger partial charge in [0.1, 0.15) is 5.01 Å². The molecule has 0 aromatic carbocycles. The first-order valence-electron chi connectivity index (χ1n) is 7.37. The minimum absolute atomic E-state index is 0.300. The minimum Gasteiger partial charge on any atom is -0.322 e. The Balaban J connectivity index is 1.59. The summed E-state index contributed by atoms with van der Waals surface area (Å²) in [7, 11) is 0. The van der Waals surface area contributed by atoms with Gasteiger partial charge in [-0.25, -0.2) is 4.98 Å². The maximum absolute atomic E-state index is 5.37. The van der Waals surface area contributed by atoms with Crippen molar-refractivity contribution in [3.63, 3.8) is 0 Å². The molecule has 1 aliphatic rings. The van der Waals surface area contributed by atoms with E-state index in [1.807, 2.05) is 11.6 Å². The number of aromatic nitrogens is 3. The predicted octanol–water partition coefficient (Wildman–Crippen LogP) is 2.53. The van der Waals surface area contributed by atoms with E-state index in [0.29, 0.717) is 18.0 Å². The zero-order chi connectivity index (χ0) is 14.8. The average Bonchev–Trinajstić information content (AvgIpc) is 3.18. The molecule has 21 heavy (non-hydrogen) atoms. The van der Waals surface area contributed by atoms with Crippen LogP contribution in [0.25, 0.3) is 0 Å². The molecule has 2 aromatic rings. The summed E-state index contributed by atoms with van der Waals surface area (Å²) in [6.45, 7) is 10.2. The third-order valence-electron chi connectivity index (χ3n) is 3.89. The van der Waals surface area contributed by atoms with Crippen LogP contribution >= 0.6 is 11.3 Å². The van der Waals surface area contributed by atoms with Crippen molar-refractivity contribution in [2.24, 2.45) is 0 Å². The van der Waals surface area contributed by atoms with E-state index in [-0.39, 0.29) is 0 Å². The lowest BCUT2D eigenvalue weighted by atomic mass is 10.2. The van der Waals surface area contributed by atoms with Crippen LogP contribution in [-0.2, 0) is 0 Å². The predicted molar refractivity (Wildman–Crippen MR) is 82.7 cm³/mol. The van der Waals surface area contributed by atoms with Crippen LogP contribution in [0.2, 0.25) is 0 Å². The van der Waals surface area contributed by atoms with E-state index in [9.17, 15) is 0 Å². The van der Waals surface area contributed by atoms with Crippen molar-refractivity contribution in [2.75, 3.05) is 31.1 Å². The second-order valence-electron chi connectivity index (χ2n) is 5.66. The number of thiazole rings is 1. The molecule has 1 aliphatic heterocycles. The molecule has 2 aromatic heterocycles. The van der Waals surface area contributed by atoms with Crippen LogP contribution in [0.5, 0.6) is 0 Å². The lowest BCUT2D eigenvalue weighted by molar-refractivity contribution is 0.194. The highest BCUT2D eigenvalue weighted by atomic mass is 32.1. The largest absolute Gasteiger partial charge is 0.324 e. The molecule has 7 heteroatoms. The van der Waals surface area contributed by atoms with Crippen molar-refractivity contribution in [3.05, 3.63) is 22.4 Å². The van der Waals surface area contributed by atoms with Crippen molar-refractivity contribution >= 4 is 17.4 Å². The van der Waals surface area contributed by atoms with Gasteiger partial charge >= 0.3 is 6.01 Å². The highest BCUT2D eigenvalue weighted by Crippen LogP contribution is 2.25. The van der Waals surface area contributed by atoms with E-state index >= 15 is 0 Å². The molecule has 3 rings (SSSR count). The number of hydrogen-bond acceptors (Lipinski definition) is 7. The summed E-state index contributed by atoms with van der Waals surface area (Å²) in [6.07, 6.45) is 1.87. The van der Waals surface area contributed by atoms with Crippen LogP contribution in [0.1, 0.15) is 43.6 Å². The Hall–Kier alpha value is -1.47. The van der Waals surface area contributed by atoms with Gasteiger partial charge in [-0.15, -0.1) is 11.3 Å². The molecule has 0 radical (unpaired) electrons. The second-order valence-corrected chi connectivity index (χ2v) is 6.59. The molecule has 0 saturated carbocycles.